The molecule has 1 heterocycles. The highest BCUT2D eigenvalue weighted by Gasteiger charge is 2.06. The van der Waals surface area contributed by atoms with Crippen LogP contribution in [0.4, 0.5) is 5.69 Å². The van der Waals surface area contributed by atoms with Crippen LogP contribution in [0.3, 0.4) is 0 Å². The van der Waals surface area contributed by atoms with Crippen molar-refractivity contribution < 1.29 is 9.53 Å². The molecule has 0 spiro atoms. The monoisotopic (exact) mass is 245 g/mol. The Balaban J connectivity index is 2.01. The lowest BCUT2D eigenvalue weighted by Gasteiger charge is -2.07. The van der Waals surface area contributed by atoms with E-state index in [0.717, 1.165) is 11.4 Å². The molecule has 0 atom stereocenters. The van der Waals surface area contributed by atoms with Crippen LogP contribution in [0, 0.1) is 0 Å². The Morgan fingerprint density at radius 2 is 2.33 bits per heavy atom. The number of nitrogens with one attached hydrogen (secondary N) is 2. The first-order valence-electron chi connectivity index (χ1n) is 5.79. The molecule has 5 nitrogen and oxygen atoms in total. The third kappa shape index (κ3) is 3.10. The van der Waals surface area contributed by atoms with Crippen molar-refractivity contribution in [1.82, 2.24) is 10.2 Å². The number of nitrogens with zero attached hydrogens (tertiary/aromatic N) is 1. The highest BCUT2D eigenvalue weighted by atomic mass is 16.5. The molecule has 0 radical (unpaired) electrons. The van der Waals surface area contributed by atoms with Crippen LogP contribution < -0.4 is 5.32 Å². The molecule has 1 aromatic carbocycles. The van der Waals surface area contributed by atoms with Crippen LogP contribution in [0.2, 0.25) is 0 Å². The van der Waals surface area contributed by atoms with Gasteiger partial charge in [-0.1, -0.05) is 6.07 Å². The van der Waals surface area contributed by atoms with E-state index in [1.54, 1.807) is 25.3 Å². The lowest BCUT2D eigenvalue weighted by atomic mass is 10.2. The van der Waals surface area contributed by atoms with Crippen LogP contribution in [0.5, 0.6) is 0 Å². The van der Waals surface area contributed by atoms with Crippen molar-refractivity contribution in [2.75, 3.05) is 11.9 Å². The number of H-pyrrole nitrogens is 1. The fourth-order valence-electron chi connectivity index (χ4n) is 1.55. The summed E-state index contributed by atoms with van der Waals surface area (Å²) in [7, 11) is 0. The fraction of sp³-hybridized carbons (Fsp3) is 0.231. The summed E-state index contributed by atoms with van der Waals surface area (Å²) in [6.07, 6.45) is 1.70. The van der Waals surface area contributed by atoms with E-state index < -0.39 is 0 Å². The maximum atomic E-state index is 11.6. The van der Waals surface area contributed by atoms with Crippen LogP contribution in [-0.4, -0.2) is 22.8 Å². The van der Waals surface area contributed by atoms with Gasteiger partial charge in [-0.25, -0.2) is 4.79 Å². The van der Waals surface area contributed by atoms with Gasteiger partial charge in [0.25, 0.3) is 0 Å². The number of hydrogen-bond acceptors (Lipinski definition) is 4. The first-order valence-corrected chi connectivity index (χ1v) is 5.79. The van der Waals surface area contributed by atoms with Gasteiger partial charge in [0.2, 0.25) is 0 Å². The summed E-state index contributed by atoms with van der Waals surface area (Å²) in [5.74, 6) is -0.303. The number of hydrogen-bond donors (Lipinski definition) is 2. The van der Waals surface area contributed by atoms with Gasteiger partial charge in [0, 0.05) is 11.9 Å². The molecule has 0 aliphatic rings. The zero-order valence-electron chi connectivity index (χ0n) is 10.1. The number of ether oxygens (including phenoxy) is 1. The van der Waals surface area contributed by atoms with Gasteiger partial charge in [-0.05, 0) is 31.2 Å². The number of rotatable bonds is 5. The molecule has 0 unspecified atom stereocenters. The molecule has 0 fully saturated rings. The second-order valence-corrected chi connectivity index (χ2v) is 3.74. The molecule has 2 N–H and O–H groups in total. The van der Waals surface area contributed by atoms with Gasteiger partial charge in [0.1, 0.15) is 0 Å². The van der Waals surface area contributed by atoms with Crippen molar-refractivity contribution in [2.45, 2.75) is 13.5 Å². The van der Waals surface area contributed by atoms with Crippen LogP contribution in [0.15, 0.2) is 36.5 Å². The number of aromatic nitrogens is 2. The molecule has 0 aliphatic carbocycles. The average Bonchev–Trinajstić information content (AvgIpc) is 2.90. The van der Waals surface area contributed by atoms with Gasteiger partial charge in [-0.15, -0.1) is 0 Å². The van der Waals surface area contributed by atoms with Gasteiger partial charge in [0.15, 0.2) is 0 Å². The van der Waals surface area contributed by atoms with Crippen molar-refractivity contribution >= 4 is 11.7 Å². The number of carbonyl (C=O) groups excluding carboxylic acids is 1. The second-order valence-electron chi connectivity index (χ2n) is 3.74. The Bertz CT molecular complexity index is 509. The van der Waals surface area contributed by atoms with E-state index in [2.05, 4.69) is 15.5 Å². The van der Waals surface area contributed by atoms with E-state index in [-0.39, 0.29) is 5.97 Å². The number of esters is 1. The summed E-state index contributed by atoms with van der Waals surface area (Å²) in [6.45, 7) is 2.80. The molecular weight excluding hydrogens is 230 g/mol. The van der Waals surface area contributed by atoms with Crippen LogP contribution in [0.25, 0.3) is 0 Å². The SMILES string of the molecule is CCOC(=O)c1cccc(NCc2ccn[nH]2)c1. The molecule has 2 aromatic rings. The Labute approximate surface area is 105 Å². The van der Waals surface area contributed by atoms with Crippen molar-refractivity contribution in [2.24, 2.45) is 0 Å². The minimum absolute atomic E-state index is 0.303. The molecule has 0 saturated heterocycles. The predicted molar refractivity (Wildman–Crippen MR) is 68.3 cm³/mol. The van der Waals surface area contributed by atoms with E-state index in [1.807, 2.05) is 18.2 Å². The Kier molecular flexibility index (Phi) is 3.96. The van der Waals surface area contributed by atoms with Crippen molar-refractivity contribution in [3.05, 3.63) is 47.8 Å². The quantitative estimate of drug-likeness (QED) is 0.792. The third-order valence-electron chi connectivity index (χ3n) is 2.42. The number of aromatic amines is 1. The smallest absolute Gasteiger partial charge is 0.338 e. The summed E-state index contributed by atoms with van der Waals surface area (Å²) in [5.41, 5.74) is 2.40. The molecule has 0 saturated carbocycles. The van der Waals surface area contributed by atoms with Gasteiger partial charge in [0.05, 0.1) is 24.4 Å². The normalized spacial score (nSPS) is 10.1. The largest absolute Gasteiger partial charge is 0.462 e. The lowest BCUT2D eigenvalue weighted by Crippen LogP contribution is -2.06. The summed E-state index contributed by atoms with van der Waals surface area (Å²) < 4.78 is 4.95. The summed E-state index contributed by atoms with van der Waals surface area (Å²) in [6, 6.07) is 9.12. The molecular formula is C13H15N3O2. The van der Waals surface area contributed by atoms with Gasteiger partial charge >= 0.3 is 5.97 Å². The van der Waals surface area contributed by atoms with Gasteiger partial charge < -0.3 is 10.1 Å². The van der Waals surface area contributed by atoms with E-state index in [0.29, 0.717) is 18.7 Å². The van der Waals surface area contributed by atoms with E-state index in [1.165, 1.54) is 0 Å². The first kappa shape index (κ1) is 12.2. The maximum absolute atomic E-state index is 11.6. The van der Waals surface area contributed by atoms with Crippen molar-refractivity contribution in [3.8, 4) is 0 Å². The molecule has 5 heteroatoms. The molecule has 2 rings (SSSR count). The number of anilines is 1. The Morgan fingerprint density at radius 3 is 3.06 bits per heavy atom. The predicted octanol–water partition coefficient (Wildman–Crippen LogP) is 2.20. The molecule has 0 amide bonds. The Hall–Kier alpha value is -2.30. The Morgan fingerprint density at radius 1 is 1.44 bits per heavy atom. The summed E-state index contributed by atoms with van der Waals surface area (Å²) in [5, 5.41) is 9.93. The number of benzene rings is 1. The van der Waals surface area contributed by atoms with E-state index in [4.69, 9.17) is 4.74 Å². The second kappa shape index (κ2) is 5.86. The van der Waals surface area contributed by atoms with Gasteiger partial charge in [-0.3, -0.25) is 5.10 Å². The molecule has 18 heavy (non-hydrogen) atoms. The molecule has 94 valence electrons. The van der Waals surface area contributed by atoms with Crippen LogP contribution in [-0.2, 0) is 11.3 Å². The zero-order chi connectivity index (χ0) is 12.8. The van der Waals surface area contributed by atoms with Crippen molar-refractivity contribution in [1.29, 1.82) is 0 Å². The molecule has 0 bridgehead atoms. The first-order chi connectivity index (χ1) is 8.79. The summed E-state index contributed by atoms with van der Waals surface area (Å²) >= 11 is 0. The summed E-state index contributed by atoms with van der Waals surface area (Å²) in [4.78, 5) is 11.6. The minimum atomic E-state index is -0.303. The molecule has 1 aromatic heterocycles. The van der Waals surface area contributed by atoms with E-state index >= 15 is 0 Å². The van der Waals surface area contributed by atoms with Gasteiger partial charge in [-0.2, -0.15) is 5.10 Å². The zero-order valence-corrected chi connectivity index (χ0v) is 10.1. The highest BCUT2D eigenvalue weighted by molar-refractivity contribution is 5.90. The third-order valence-corrected chi connectivity index (χ3v) is 2.42. The minimum Gasteiger partial charge on any atom is -0.462 e. The lowest BCUT2D eigenvalue weighted by molar-refractivity contribution is 0.0526. The van der Waals surface area contributed by atoms with Crippen molar-refractivity contribution in [3.63, 3.8) is 0 Å². The fourth-order valence-corrected chi connectivity index (χ4v) is 1.55. The van der Waals surface area contributed by atoms with Crippen LogP contribution in [0.1, 0.15) is 23.0 Å². The topological polar surface area (TPSA) is 67.0 Å². The average molecular weight is 245 g/mol. The van der Waals surface area contributed by atoms with E-state index in [9.17, 15) is 4.79 Å². The highest BCUT2D eigenvalue weighted by Crippen LogP contribution is 2.12. The van der Waals surface area contributed by atoms with Crippen LogP contribution >= 0.6 is 0 Å². The standard InChI is InChI=1S/C13H15N3O2/c1-2-18-13(17)10-4-3-5-11(8-10)14-9-12-6-7-15-16-12/h3-8,14H,2,9H2,1H3,(H,15,16). The maximum Gasteiger partial charge on any atom is 0.338 e. The number of carbonyl (C=O) groups is 1. The molecule has 0 aliphatic heterocycles.